The van der Waals surface area contributed by atoms with Crippen molar-refractivity contribution < 1.29 is 18.7 Å². The lowest BCUT2D eigenvalue weighted by Gasteiger charge is -2.43. The molecule has 0 saturated heterocycles. The number of carbonyl (C=O) groups is 1. The van der Waals surface area contributed by atoms with E-state index in [0.29, 0.717) is 13.0 Å². The van der Waals surface area contributed by atoms with Gasteiger partial charge < -0.3 is 13.9 Å². The van der Waals surface area contributed by atoms with Gasteiger partial charge in [-0.05, 0) is 47.3 Å². The molecule has 0 unspecified atom stereocenters. The Morgan fingerprint density at radius 2 is 1.35 bits per heavy atom. The highest BCUT2D eigenvalue weighted by atomic mass is 28.4. The van der Waals surface area contributed by atoms with Crippen molar-refractivity contribution in [3.63, 3.8) is 0 Å². The van der Waals surface area contributed by atoms with Crippen molar-refractivity contribution in [1.82, 2.24) is 0 Å². The van der Waals surface area contributed by atoms with E-state index in [1.165, 1.54) is 10.4 Å². The first-order chi connectivity index (χ1) is 17.5. The van der Waals surface area contributed by atoms with E-state index in [1.54, 1.807) is 6.08 Å². The molecule has 0 aliphatic heterocycles. The first-order valence-electron chi connectivity index (χ1n) is 12.8. The lowest BCUT2D eigenvalue weighted by atomic mass is 10.0. The summed E-state index contributed by atoms with van der Waals surface area (Å²) in [4.78, 5) is 12.3. The normalized spacial score (nSPS) is 13.0. The van der Waals surface area contributed by atoms with E-state index in [1.807, 2.05) is 57.2 Å². The van der Waals surface area contributed by atoms with Crippen molar-refractivity contribution in [2.24, 2.45) is 0 Å². The van der Waals surface area contributed by atoms with Crippen LogP contribution in [-0.2, 0) is 20.5 Å². The average Bonchev–Trinajstić information content (AvgIpc) is 2.84. The summed E-state index contributed by atoms with van der Waals surface area (Å²) in [6.45, 7) is 16.6. The van der Waals surface area contributed by atoms with Gasteiger partial charge in [-0.25, -0.2) is 4.79 Å². The van der Waals surface area contributed by atoms with Crippen LogP contribution >= 0.6 is 0 Å². The summed E-state index contributed by atoms with van der Waals surface area (Å²) in [6, 6.07) is 29.3. The van der Waals surface area contributed by atoms with Crippen LogP contribution in [0.1, 0.15) is 65.2 Å². The van der Waals surface area contributed by atoms with E-state index in [0.717, 1.165) is 11.1 Å². The fraction of sp³-hybridized carbons (Fsp3) is 0.344. The van der Waals surface area contributed by atoms with E-state index in [2.05, 4.69) is 75.9 Å². The van der Waals surface area contributed by atoms with Crippen molar-refractivity contribution in [3.05, 3.63) is 109 Å². The van der Waals surface area contributed by atoms with Gasteiger partial charge in [-0.3, -0.25) is 0 Å². The van der Waals surface area contributed by atoms with Gasteiger partial charge in [-0.1, -0.05) is 112 Å². The zero-order valence-corrected chi connectivity index (χ0v) is 24.0. The molecule has 0 aliphatic rings. The van der Waals surface area contributed by atoms with Gasteiger partial charge in [0.15, 0.2) is 0 Å². The predicted octanol–water partition coefficient (Wildman–Crippen LogP) is 7.33. The molecule has 0 bridgehead atoms. The second-order valence-electron chi connectivity index (χ2n) is 11.3. The Labute approximate surface area is 223 Å². The molecule has 0 radical (unpaired) electrons. The van der Waals surface area contributed by atoms with Crippen LogP contribution in [0, 0.1) is 0 Å². The van der Waals surface area contributed by atoms with Crippen molar-refractivity contribution in [1.29, 1.82) is 0 Å². The molecular weight excluding hydrogens is 476 g/mol. The highest BCUT2D eigenvalue weighted by Crippen LogP contribution is 2.37. The lowest BCUT2D eigenvalue weighted by molar-refractivity contribution is -0.0269. The van der Waals surface area contributed by atoms with E-state index >= 15 is 0 Å². The van der Waals surface area contributed by atoms with Crippen LogP contribution in [-0.4, -0.2) is 20.1 Å². The van der Waals surface area contributed by atoms with E-state index in [-0.39, 0.29) is 5.04 Å². The molecule has 0 saturated carbocycles. The van der Waals surface area contributed by atoms with E-state index in [9.17, 15) is 4.79 Å². The second-order valence-corrected chi connectivity index (χ2v) is 15.6. The molecule has 1 atom stereocenters. The molecule has 3 rings (SSSR count). The van der Waals surface area contributed by atoms with Crippen LogP contribution < -0.4 is 10.4 Å². The Balaban J connectivity index is 1.87. The second kappa shape index (κ2) is 11.9. The molecule has 0 aliphatic carbocycles. The Morgan fingerprint density at radius 3 is 1.78 bits per heavy atom. The van der Waals surface area contributed by atoms with Crippen LogP contribution in [0.3, 0.4) is 0 Å². The molecule has 37 heavy (non-hydrogen) atoms. The summed E-state index contributed by atoms with van der Waals surface area (Å²) in [7, 11) is -2.62. The first-order valence-corrected chi connectivity index (χ1v) is 14.7. The Hall–Kier alpha value is -3.15. The molecular formula is C32H40O4Si. The smallest absolute Gasteiger partial charge is 0.429 e. The number of hydrogen-bond donors (Lipinski definition) is 0. The van der Waals surface area contributed by atoms with Gasteiger partial charge in [-0.15, -0.1) is 6.58 Å². The van der Waals surface area contributed by atoms with E-state index in [4.69, 9.17) is 13.9 Å². The molecule has 0 spiro atoms. The van der Waals surface area contributed by atoms with Crippen LogP contribution in [0.2, 0.25) is 5.04 Å². The van der Waals surface area contributed by atoms with Gasteiger partial charge in [0, 0.05) is 6.42 Å². The van der Waals surface area contributed by atoms with Gasteiger partial charge in [0.1, 0.15) is 11.7 Å². The quantitative estimate of drug-likeness (QED) is 0.170. The molecule has 3 aromatic rings. The molecule has 0 N–H and O–H groups in total. The van der Waals surface area contributed by atoms with Gasteiger partial charge in [-0.2, -0.15) is 0 Å². The van der Waals surface area contributed by atoms with Crippen molar-refractivity contribution >= 4 is 24.8 Å². The summed E-state index contributed by atoms with van der Waals surface area (Å²) in [5.41, 5.74) is 1.34. The summed E-state index contributed by atoms with van der Waals surface area (Å²) in [5, 5.41) is 2.41. The number of rotatable bonds is 9. The standard InChI is InChI=1S/C32H40O4Si/c1-8-15-29(35-30(33)36-31(2,3)4)26-22-20-25(21-23-26)24-34-37(32(5,6)7,27-16-11-9-12-17-27)28-18-13-10-14-19-28/h8-14,16-23,29H,1,15,24H2,2-7H3/t29-/m0/s1. The van der Waals surface area contributed by atoms with Crippen LogP contribution in [0.25, 0.3) is 0 Å². The van der Waals surface area contributed by atoms with Crippen LogP contribution in [0.15, 0.2) is 97.6 Å². The third-order valence-corrected chi connectivity index (χ3v) is 11.2. The number of benzene rings is 3. The van der Waals surface area contributed by atoms with Crippen molar-refractivity contribution in [2.45, 2.75) is 71.3 Å². The minimum atomic E-state index is -2.62. The molecule has 4 nitrogen and oxygen atoms in total. The molecule has 196 valence electrons. The van der Waals surface area contributed by atoms with Gasteiger partial charge in [0.05, 0.1) is 6.61 Å². The molecule has 5 heteroatoms. The minimum Gasteiger partial charge on any atom is -0.429 e. The molecule has 0 amide bonds. The monoisotopic (exact) mass is 516 g/mol. The topological polar surface area (TPSA) is 44.8 Å². The Bertz CT molecular complexity index is 1100. The minimum absolute atomic E-state index is 0.0913. The predicted molar refractivity (Wildman–Crippen MR) is 154 cm³/mol. The highest BCUT2D eigenvalue weighted by molar-refractivity contribution is 6.99. The molecule has 0 heterocycles. The van der Waals surface area contributed by atoms with Crippen molar-refractivity contribution in [2.75, 3.05) is 0 Å². The van der Waals surface area contributed by atoms with Crippen LogP contribution in [0.5, 0.6) is 0 Å². The summed E-state index contributed by atoms with van der Waals surface area (Å²) in [5.74, 6) is 0. The Morgan fingerprint density at radius 1 is 0.838 bits per heavy atom. The molecule has 0 aromatic heterocycles. The fourth-order valence-corrected chi connectivity index (χ4v) is 9.11. The summed E-state index contributed by atoms with van der Waals surface area (Å²) < 4.78 is 18.0. The lowest BCUT2D eigenvalue weighted by Crippen LogP contribution is -2.66. The summed E-state index contributed by atoms with van der Waals surface area (Å²) >= 11 is 0. The third kappa shape index (κ3) is 7.21. The fourth-order valence-electron chi connectivity index (χ4n) is 4.58. The first kappa shape index (κ1) is 28.4. The number of hydrogen-bond acceptors (Lipinski definition) is 4. The van der Waals surface area contributed by atoms with Gasteiger partial charge >= 0.3 is 6.16 Å². The largest absolute Gasteiger partial charge is 0.509 e. The average molecular weight is 517 g/mol. The van der Waals surface area contributed by atoms with E-state index < -0.39 is 26.2 Å². The molecule has 3 aromatic carbocycles. The Kier molecular flexibility index (Phi) is 9.16. The number of carbonyl (C=O) groups excluding carboxylic acids is 1. The highest BCUT2D eigenvalue weighted by Gasteiger charge is 2.50. The van der Waals surface area contributed by atoms with Crippen LogP contribution in [0.4, 0.5) is 4.79 Å². The van der Waals surface area contributed by atoms with Gasteiger partial charge in [0.2, 0.25) is 0 Å². The zero-order chi connectivity index (χ0) is 27.1. The van der Waals surface area contributed by atoms with Gasteiger partial charge in [0.25, 0.3) is 8.32 Å². The maximum Gasteiger partial charge on any atom is 0.509 e. The molecule has 0 fully saturated rings. The SMILES string of the molecule is C=CC[C@H](OC(=O)OC(C)(C)C)c1ccc(CO[Si](c2ccccc2)(c2ccccc2)C(C)(C)C)cc1. The maximum atomic E-state index is 12.3. The number of ether oxygens (including phenoxy) is 2. The zero-order valence-electron chi connectivity index (χ0n) is 23.0. The van der Waals surface area contributed by atoms with Crippen molar-refractivity contribution in [3.8, 4) is 0 Å². The summed E-state index contributed by atoms with van der Waals surface area (Å²) in [6.07, 6.45) is 1.10. The third-order valence-electron chi connectivity index (χ3n) is 6.23. The maximum absolute atomic E-state index is 12.3.